The van der Waals surface area contributed by atoms with E-state index >= 15 is 0 Å². The molecule has 4 nitrogen and oxygen atoms in total. The number of halogens is 3. The Balaban J connectivity index is 3.07. The van der Waals surface area contributed by atoms with Crippen molar-refractivity contribution in [2.75, 3.05) is 19.0 Å². The number of anilines is 1. The quantitative estimate of drug-likeness (QED) is 0.803. The van der Waals surface area contributed by atoms with Gasteiger partial charge in [-0.1, -0.05) is 26.0 Å². The van der Waals surface area contributed by atoms with Gasteiger partial charge in [-0.25, -0.2) is 0 Å². The smallest absolute Gasteiger partial charge is 0.407 e. The summed E-state index contributed by atoms with van der Waals surface area (Å²) in [6, 6.07) is 2.62. The van der Waals surface area contributed by atoms with E-state index in [1.54, 1.807) is 45.0 Å². The van der Waals surface area contributed by atoms with Gasteiger partial charge in [0.25, 0.3) is 0 Å². The number of carboxylic acid groups (broad SMARTS) is 1. The molecule has 7 heteroatoms. The van der Waals surface area contributed by atoms with E-state index in [2.05, 4.69) is 5.32 Å². The highest BCUT2D eigenvalue weighted by Gasteiger charge is 2.42. The Bertz CT molecular complexity index is 513. The fourth-order valence-corrected chi connectivity index (χ4v) is 2.26. The number of rotatable bonds is 7. The summed E-state index contributed by atoms with van der Waals surface area (Å²) < 4.78 is 40.1. The second kappa shape index (κ2) is 7.68. The third kappa shape index (κ3) is 5.74. The molecule has 0 spiro atoms. The molecule has 0 amide bonds. The average molecular weight is 332 g/mol. The summed E-state index contributed by atoms with van der Waals surface area (Å²) in [6.45, 7) is 3.54. The highest BCUT2D eigenvalue weighted by atomic mass is 19.4. The number of hydrogen-bond acceptors (Lipinski definition) is 3. The molecule has 0 radical (unpaired) electrons. The van der Waals surface area contributed by atoms with Crippen molar-refractivity contribution in [3.63, 3.8) is 0 Å². The molecule has 0 heterocycles. The predicted octanol–water partition coefficient (Wildman–Crippen LogP) is 3.44. The molecule has 0 aromatic heterocycles. The van der Waals surface area contributed by atoms with E-state index in [1.807, 2.05) is 0 Å². The summed E-state index contributed by atoms with van der Waals surface area (Å²) >= 11 is 0. The summed E-state index contributed by atoms with van der Waals surface area (Å²) in [5.74, 6) is -1.31. The number of hydrogen-bond donors (Lipinski definition) is 2. The topological polar surface area (TPSA) is 52.6 Å². The van der Waals surface area contributed by atoms with E-state index in [1.165, 1.54) is 12.1 Å². The summed E-state index contributed by atoms with van der Waals surface area (Å²) in [4.78, 5) is 13.0. The number of alkyl halides is 3. The molecule has 1 rings (SSSR count). The highest BCUT2D eigenvalue weighted by Crippen LogP contribution is 2.34. The number of carboxylic acids is 1. The van der Waals surface area contributed by atoms with E-state index in [9.17, 15) is 18.0 Å². The summed E-state index contributed by atoms with van der Waals surface area (Å²) in [6.07, 6.45) is -4.46. The van der Waals surface area contributed by atoms with E-state index in [0.29, 0.717) is 0 Å². The number of nitrogens with one attached hydrogen (secondary N) is 1. The van der Waals surface area contributed by atoms with Gasteiger partial charge in [0.15, 0.2) is 0 Å². The molecule has 0 aliphatic carbocycles. The Hall–Kier alpha value is -1.76. The van der Waals surface area contributed by atoms with Gasteiger partial charge in [0.05, 0.1) is 0 Å². The molecule has 0 fully saturated rings. The van der Waals surface area contributed by atoms with Gasteiger partial charge in [-0.3, -0.25) is 10.1 Å². The first-order chi connectivity index (χ1) is 10.5. The maximum absolute atomic E-state index is 13.4. The van der Waals surface area contributed by atoms with Crippen molar-refractivity contribution in [1.82, 2.24) is 5.32 Å². The first-order valence-corrected chi connectivity index (χ1v) is 7.35. The van der Waals surface area contributed by atoms with E-state index in [4.69, 9.17) is 5.11 Å². The van der Waals surface area contributed by atoms with Crippen molar-refractivity contribution in [3.8, 4) is 0 Å². The van der Waals surface area contributed by atoms with Gasteiger partial charge in [-0.15, -0.1) is 0 Å². The second-order valence-corrected chi connectivity index (χ2v) is 6.15. The molecule has 1 aromatic carbocycles. The normalized spacial score (nSPS) is 14.6. The molecule has 0 bridgehead atoms. The van der Waals surface area contributed by atoms with Crippen molar-refractivity contribution >= 4 is 11.7 Å². The number of nitrogens with zero attached hydrogens (tertiary/aromatic N) is 1. The SMILES string of the molecule is CC(C)C[C@H](N[C@@H](c1ccc(N(C)C)cc1)C(F)(F)F)C(=O)O. The van der Waals surface area contributed by atoms with Crippen molar-refractivity contribution in [2.45, 2.75) is 38.5 Å². The molecule has 0 aliphatic rings. The minimum Gasteiger partial charge on any atom is -0.480 e. The van der Waals surface area contributed by atoms with Crippen LogP contribution in [-0.4, -0.2) is 37.4 Å². The van der Waals surface area contributed by atoms with Gasteiger partial charge in [-0.2, -0.15) is 13.2 Å². The lowest BCUT2D eigenvalue weighted by molar-refractivity contribution is -0.163. The van der Waals surface area contributed by atoms with Gasteiger partial charge in [0.2, 0.25) is 0 Å². The fourth-order valence-electron chi connectivity index (χ4n) is 2.26. The molecule has 2 N–H and O–H groups in total. The molecule has 0 aliphatic heterocycles. The van der Waals surface area contributed by atoms with Crippen LogP contribution >= 0.6 is 0 Å². The van der Waals surface area contributed by atoms with Crippen LogP contribution in [0.1, 0.15) is 31.9 Å². The third-order valence-electron chi connectivity index (χ3n) is 3.44. The van der Waals surface area contributed by atoms with Crippen LogP contribution in [0.25, 0.3) is 0 Å². The first-order valence-electron chi connectivity index (χ1n) is 7.35. The minimum absolute atomic E-state index is 0.00175. The Morgan fingerprint density at radius 1 is 1.22 bits per heavy atom. The fraction of sp³-hybridized carbons (Fsp3) is 0.562. The monoisotopic (exact) mass is 332 g/mol. The van der Waals surface area contributed by atoms with Crippen molar-refractivity contribution in [3.05, 3.63) is 29.8 Å². The third-order valence-corrected chi connectivity index (χ3v) is 3.44. The van der Waals surface area contributed by atoms with Crippen molar-refractivity contribution in [1.29, 1.82) is 0 Å². The van der Waals surface area contributed by atoms with Crippen LogP contribution in [0, 0.1) is 5.92 Å². The second-order valence-electron chi connectivity index (χ2n) is 6.15. The Morgan fingerprint density at radius 3 is 2.09 bits per heavy atom. The van der Waals surface area contributed by atoms with Crippen LogP contribution in [0.5, 0.6) is 0 Å². The lowest BCUT2D eigenvalue weighted by atomic mass is 10.00. The molecular weight excluding hydrogens is 309 g/mol. The number of carbonyl (C=O) groups is 1. The molecule has 1 aromatic rings. The summed E-state index contributed by atoms with van der Waals surface area (Å²) in [5.41, 5.74) is 0.768. The van der Waals surface area contributed by atoms with Gasteiger partial charge < -0.3 is 10.0 Å². The number of benzene rings is 1. The molecule has 2 atom stereocenters. The minimum atomic E-state index is -4.58. The average Bonchev–Trinajstić information content (AvgIpc) is 2.41. The molecule has 0 saturated heterocycles. The Labute approximate surface area is 134 Å². The first kappa shape index (κ1) is 19.3. The maximum Gasteiger partial charge on any atom is 0.407 e. The van der Waals surface area contributed by atoms with Crippen LogP contribution in [0.2, 0.25) is 0 Å². The van der Waals surface area contributed by atoms with Gasteiger partial charge in [0, 0.05) is 19.8 Å². The van der Waals surface area contributed by atoms with E-state index in [0.717, 1.165) is 5.69 Å². The maximum atomic E-state index is 13.4. The lowest BCUT2D eigenvalue weighted by Gasteiger charge is -2.27. The van der Waals surface area contributed by atoms with E-state index < -0.39 is 24.2 Å². The zero-order chi connectivity index (χ0) is 17.8. The lowest BCUT2D eigenvalue weighted by Crippen LogP contribution is -2.45. The highest BCUT2D eigenvalue weighted by molar-refractivity contribution is 5.73. The number of aliphatic carboxylic acids is 1. The van der Waals surface area contributed by atoms with Gasteiger partial charge in [0.1, 0.15) is 12.1 Å². The molecule has 0 saturated carbocycles. The van der Waals surface area contributed by atoms with Crippen molar-refractivity contribution < 1.29 is 23.1 Å². The Kier molecular flexibility index (Phi) is 6.44. The summed E-state index contributed by atoms with van der Waals surface area (Å²) in [5, 5.41) is 11.4. The standard InChI is InChI=1S/C16H23F3N2O2/c1-10(2)9-13(15(22)23)20-14(16(17,18)19)11-5-7-12(8-6-11)21(3)4/h5-8,10,13-14,20H,9H2,1-4H3,(H,22,23)/t13-,14-/m0/s1. The zero-order valence-corrected chi connectivity index (χ0v) is 13.7. The molecule has 23 heavy (non-hydrogen) atoms. The predicted molar refractivity (Wildman–Crippen MR) is 83.6 cm³/mol. The van der Waals surface area contributed by atoms with Gasteiger partial charge >= 0.3 is 12.1 Å². The molecule has 130 valence electrons. The van der Waals surface area contributed by atoms with Crippen LogP contribution < -0.4 is 10.2 Å². The van der Waals surface area contributed by atoms with Gasteiger partial charge in [-0.05, 0) is 30.0 Å². The summed E-state index contributed by atoms with van der Waals surface area (Å²) in [7, 11) is 3.58. The van der Waals surface area contributed by atoms with Crippen LogP contribution in [0.15, 0.2) is 24.3 Å². The van der Waals surface area contributed by atoms with Crippen LogP contribution in [-0.2, 0) is 4.79 Å². The Morgan fingerprint density at radius 2 is 1.74 bits per heavy atom. The van der Waals surface area contributed by atoms with Crippen LogP contribution in [0.3, 0.4) is 0 Å². The van der Waals surface area contributed by atoms with Crippen LogP contribution in [0.4, 0.5) is 18.9 Å². The zero-order valence-electron chi connectivity index (χ0n) is 13.7. The molecular formula is C16H23F3N2O2. The molecule has 0 unspecified atom stereocenters. The largest absolute Gasteiger partial charge is 0.480 e. The van der Waals surface area contributed by atoms with Crippen molar-refractivity contribution in [2.24, 2.45) is 5.92 Å². The van der Waals surface area contributed by atoms with E-state index in [-0.39, 0.29) is 17.9 Å².